The molecule has 0 bridgehead atoms. The van der Waals surface area contributed by atoms with Gasteiger partial charge < -0.3 is 5.32 Å². The molecule has 0 aliphatic carbocycles. The minimum atomic E-state index is 0.624. The van der Waals surface area contributed by atoms with Crippen LogP contribution < -0.4 is 5.32 Å². The van der Waals surface area contributed by atoms with Gasteiger partial charge in [-0.05, 0) is 24.5 Å². The fourth-order valence-corrected chi connectivity index (χ4v) is 1.79. The first-order chi connectivity index (χ1) is 4.97. The molecule has 1 saturated heterocycles. The quantitative estimate of drug-likeness (QED) is 0.646. The second kappa shape index (κ2) is 2.64. The molecule has 1 atom stereocenters. The minimum absolute atomic E-state index is 0.624. The van der Waals surface area contributed by atoms with Crippen LogP contribution in [0, 0.1) is 0 Å². The predicted molar refractivity (Wildman–Crippen MR) is 40.1 cm³/mol. The second-order valence-electron chi connectivity index (χ2n) is 2.52. The molecule has 1 aromatic rings. The van der Waals surface area contributed by atoms with Crippen LogP contribution >= 0.6 is 11.5 Å². The lowest BCUT2D eigenvalue weighted by Gasteiger charge is -1.99. The van der Waals surface area contributed by atoms with Crippen molar-refractivity contribution in [2.75, 3.05) is 13.1 Å². The molecule has 1 aromatic heterocycles. The van der Waals surface area contributed by atoms with E-state index < -0.39 is 0 Å². The van der Waals surface area contributed by atoms with Crippen molar-refractivity contribution in [1.82, 2.24) is 14.9 Å². The summed E-state index contributed by atoms with van der Waals surface area (Å²) in [5.74, 6) is 0.624. The Balaban J connectivity index is 2.12. The molecule has 1 unspecified atom stereocenters. The van der Waals surface area contributed by atoms with Gasteiger partial charge in [0.1, 0.15) is 0 Å². The first-order valence-corrected chi connectivity index (χ1v) is 4.28. The van der Waals surface area contributed by atoms with Gasteiger partial charge in [0.2, 0.25) is 0 Å². The van der Waals surface area contributed by atoms with E-state index in [4.69, 9.17) is 0 Å². The van der Waals surface area contributed by atoms with Crippen LogP contribution in [0.15, 0.2) is 5.38 Å². The van der Waals surface area contributed by atoms with E-state index in [1.54, 1.807) is 0 Å². The van der Waals surface area contributed by atoms with Gasteiger partial charge in [-0.2, -0.15) is 0 Å². The van der Waals surface area contributed by atoms with E-state index in [-0.39, 0.29) is 0 Å². The number of nitrogens with one attached hydrogen (secondary N) is 1. The van der Waals surface area contributed by atoms with Crippen molar-refractivity contribution in [3.63, 3.8) is 0 Å². The van der Waals surface area contributed by atoms with Crippen LogP contribution in [-0.4, -0.2) is 22.7 Å². The van der Waals surface area contributed by atoms with Crippen molar-refractivity contribution >= 4 is 11.5 Å². The number of nitrogens with zero attached hydrogens (tertiary/aromatic N) is 2. The summed E-state index contributed by atoms with van der Waals surface area (Å²) in [7, 11) is 0. The Labute approximate surface area is 63.6 Å². The minimum Gasteiger partial charge on any atom is -0.316 e. The maximum atomic E-state index is 4.03. The van der Waals surface area contributed by atoms with Gasteiger partial charge >= 0.3 is 0 Å². The molecular formula is C6H9N3S. The molecule has 54 valence electrons. The molecule has 2 rings (SSSR count). The Kier molecular flexibility index (Phi) is 1.65. The molecule has 4 heteroatoms. The highest BCUT2D eigenvalue weighted by molar-refractivity contribution is 7.03. The third kappa shape index (κ3) is 1.04. The van der Waals surface area contributed by atoms with Crippen LogP contribution in [0.4, 0.5) is 0 Å². The molecule has 0 saturated carbocycles. The normalized spacial score (nSPS) is 25.4. The molecule has 2 heterocycles. The van der Waals surface area contributed by atoms with Crippen molar-refractivity contribution in [3.05, 3.63) is 11.1 Å². The fourth-order valence-electron chi connectivity index (χ4n) is 1.26. The maximum absolute atomic E-state index is 4.03. The lowest BCUT2D eigenvalue weighted by molar-refractivity contribution is 0.730. The molecule has 0 spiro atoms. The number of hydrogen-bond donors (Lipinski definition) is 1. The zero-order chi connectivity index (χ0) is 6.81. The largest absolute Gasteiger partial charge is 0.316 e. The standard InChI is InChI=1S/C6H9N3S/c1-2-7-3-5(1)6-4-10-9-8-6/h4-5,7H,1-3H2. The molecule has 1 aliphatic heterocycles. The summed E-state index contributed by atoms with van der Waals surface area (Å²) in [6, 6.07) is 0. The summed E-state index contributed by atoms with van der Waals surface area (Å²) in [6.45, 7) is 2.20. The van der Waals surface area contributed by atoms with Gasteiger partial charge in [0.15, 0.2) is 0 Å². The van der Waals surface area contributed by atoms with Gasteiger partial charge in [-0.25, -0.2) is 0 Å². The molecule has 0 amide bonds. The summed E-state index contributed by atoms with van der Waals surface area (Å²) in [5.41, 5.74) is 1.16. The summed E-state index contributed by atoms with van der Waals surface area (Å²) in [5, 5.41) is 9.36. The van der Waals surface area contributed by atoms with Crippen molar-refractivity contribution in [3.8, 4) is 0 Å². The van der Waals surface area contributed by atoms with Crippen LogP contribution in [0.3, 0.4) is 0 Å². The molecule has 0 radical (unpaired) electrons. The third-order valence-electron chi connectivity index (χ3n) is 1.86. The zero-order valence-corrected chi connectivity index (χ0v) is 6.40. The highest BCUT2D eigenvalue weighted by atomic mass is 32.1. The van der Waals surface area contributed by atoms with E-state index >= 15 is 0 Å². The van der Waals surface area contributed by atoms with E-state index in [0.29, 0.717) is 5.92 Å². The fraction of sp³-hybridized carbons (Fsp3) is 0.667. The van der Waals surface area contributed by atoms with Crippen LogP contribution in [0.2, 0.25) is 0 Å². The van der Waals surface area contributed by atoms with Gasteiger partial charge in [0.05, 0.1) is 5.69 Å². The summed E-state index contributed by atoms with van der Waals surface area (Å²) < 4.78 is 3.83. The molecule has 3 nitrogen and oxygen atoms in total. The highest BCUT2D eigenvalue weighted by Crippen LogP contribution is 2.20. The van der Waals surface area contributed by atoms with Gasteiger partial charge in [-0.3, -0.25) is 0 Å². The van der Waals surface area contributed by atoms with Crippen LogP contribution in [0.5, 0.6) is 0 Å². The summed E-state index contributed by atoms with van der Waals surface area (Å²) in [4.78, 5) is 0. The van der Waals surface area contributed by atoms with E-state index in [9.17, 15) is 0 Å². The van der Waals surface area contributed by atoms with Gasteiger partial charge in [-0.15, -0.1) is 5.10 Å². The average molecular weight is 155 g/mol. The Hall–Kier alpha value is -0.480. The van der Waals surface area contributed by atoms with E-state index in [2.05, 4.69) is 14.9 Å². The lowest BCUT2D eigenvalue weighted by Crippen LogP contribution is -2.08. The third-order valence-corrected chi connectivity index (χ3v) is 2.38. The van der Waals surface area contributed by atoms with Crippen molar-refractivity contribution in [2.24, 2.45) is 0 Å². The van der Waals surface area contributed by atoms with E-state index in [1.165, 1.54) is 18.0 Å². The summed E-state index contributed by atoms with van der Waals surface area (Å²) >= 11 is 1.44. The van der Waals surface area contributed by atoms with Gasteiger partial charge in [0.25, 0.3) is 0 Å². The lowest BCUT2D eigenvalue weighted by atomic mass is 10.1. The number of rotatable bonds is 1. The molecule has 1 aliphatic rings. The Bertz CT molecular complexity index is 191. The first kappa shape index (κ1) is 6.24. The van der Waals surface area contributed by atoms with Crippen molar-refractivity contribution in [2.45, 2.75) is 12.3 Å². The zero-order valence-electron chi connectivity index (χ0n) is 5.58. The van der Waals surface area contributed by atoms with Gasteiger partial charge in [-0.1, -0.05) is 4.49 Å². The van der Waals surface area contributed by atoms with Crippen LogP contribution in [0.1, 0.15) is 18.0 Å². The molecule has 1 N–H and O–H groups in total. The number of aromatic nitrogens is 2. The Morgan fingerprint density at radius 1 is 1.70 bits per heavy atom. The van der Waals surface area contributed by atoms with Crippen molar-refractivity contribution < 1.29 is 0 Å². The number of hydrogen-bond acceptors (Lipinski definition) is 4. The van der Waals surface area contributed by atoms with Crippen molar-refractivity contribution in [1.29, 1.82) is 0 Å². The second-order valence-corrected chi connectivity index (χ2v) is 3.13. The van der Waals surface area contributed by atoms with Crippen LogP contribution in [-0.2, 0) is 0 Å². The van der Waals surface area contributed by atoms with E-state index in [1.807, 2.05) is 5.38 Å². The highest BCUT2D eigenvalue weighted by Gasteiger charge is 2.18. The Morgan fingerprint density at radius 3 is 3.30 bits per heavy atom. The topological polar surface area (TPSA) is 37.8 Å². The van der Waals surface area contributed by atoms with Crippen LogP contribution in [0.25, 0.3) is 0 Å². The smallest absolute Gasteiger partial charge is 0.0799 e. The predicted octanol–water partition coefficient (Wildman–Crippen LogP) is 0.615. The van der Waals surface area contributed by atoms with E-state index in [0.717, 1.165) is 18.8 Å². The molecule has 0 aromatic carbocycles. The first-order valence-electron chi connectivity index (χ1n) is 3.44. The monoisotopic (exact) mass is 155 g/mol. The SMILES string of the molecule is c1snnc1C1CCNC1. The average Bonchev–Trinajstić information content (AvgIpc) is 2.59. The Morgan fingerprint density at radius 2 is 2.70 bits per heavy atom. The van der Waals surface area contributed by atoms with Gasteiger partial charge in [0, 0.05) is 17.8 Å². The molecule has 10 heavy (non-hydrogen) atoms. The molecular weight excluding hydrogens is 146 g/mol. The molecule has 1 fully saturated rings. The maximum Gasteiger partial charge on any atom is 0.0799 e. The summed E-state index contributed by atoms with van der Waals surface area (Å²) in [6.07, 6.45) is 1.21.